The second-order valence-corrected chi connectivity index (χ2v) is 5.83. The lowest BCUT2D eigenvalue weighted by Crippen LogP contribution is -2.37. The van der Waals surface area contributed by atoms with Gasteiger partial charge in [0, 0.05) is 30.7 Å². The van der Waals surface area contributed by atoms with E-state index in [1.54, 1.807) is 6.20 Å². The lowest BCUT2D eigenvalue weighted by atomic mass is 10.3. The van der Waals surface area contributed by atoms with Crippen LogP contribution < -0.4 is 5.73 Å². The average Bonchev–Trinajstić information content (AvgIpc) is 2.56. The number of nitrogens with zero attached hydrogens (tertiary/aromatic N) is 3. The molecule has 1 fully saturated rings. The Hall–Kier alpha value is -0.570. The van der Waals surface area contributed by atoms with Crippen LogP contribution in [-0.2, 0) is 6.54 Å². The molecule has 0 bridgehead atoms. The molecule has 1 saturated heterocycles. The molecule has 1 aliphatic rings. The van der Waals surface area contributed by atoms with Crippen molar-refractivity contribution in [2.45, 2.75) is 19.1 Å². The smallest absolute Gasteiger partial charge is 0.375 e. The summed E-state index contributed by atoms with van der Waals surface area (Å²) in [4.78, 5) is 8.67. The van der Waals surface area contributed by atoms with E-state index in [9.17, 15) is 13.2 Å². The van der Waals surface area contributed by atoms with Crippen LogP contribution in [0.4, 0.5) is 18.3 Å². The fraction of sp³-hybridized carbons (Fsp3) is 0.727. The van der Waals surface area contributed by atoms with Gasteiger partial charge in [-0.3, -0.25) is 9.80 Å². The Bertz CT molecular complexity index is 413. The third-order valence-corrected chi connectivity index (χ3v) is 3.85. The van der Waals surface area contributed by atoms with Crippen molar-refractivity contribution in [2.24, 2.45) is 0 Å². The zero-order valence-electron chi connectivity index (χ0n) is 10.9. The molecule has 4 nitrogen and oxygen atoms in total. The van der Waals surface area contributed by atoms with Crippen molar-refractivity contribution >= 4 is 28.9 Å². The number of hydrogen-bond acceptors (Lipinski definition) is 5. The van der Waals surface area contributed by atoms with Crippen molar-refractivity contribution in [3.8, 4) is 0 Å². The minimum absolute atomic E-state index is 0. The van der Waals surface area contributed by atoms with Crippen LogP contribution in [0.25, 0.3) is 0 Å². The first-order valence-electron chi connectivity index (χ1n) is 6.14. The van der Waals surface area contributed by atoms with Gasteiger partial charge in [0.05, 0.1) is 6.54 Å². The van der Waals surface area contributed by atoms with Gasteiger partial charge in [-0.1, -0.05) is 0 Å². The number of nitrogen functional groups attached to an aromatic ring is 1. The van der Waals surface area contributed by atoms with Crippen molar-refractivity contribution in [1.82, 2.24) is 14.8 Å². The Labute approximate surface area is 126 Å². The predicted molar refractivity (Wildman–Crippen MR) is 76.2 cm³/mol. The van der Waals surface area contributed by atoms with E-state index >= 15 is 0 Å². The largest absolute Gasteiger partial charge is 0.401 e. The quantitative estimate of drug-likeness (QED) is 0.923. The van der Waals surface area contributed by atoms with Gasteiger partial charge in [-0.15, -0.1) is 23.7 Å². The van der Waals surface area contributed by atoms with E-state index in [1.807, 2.05) is 0 Å². The molecule has 1 aromatic heterocycles. The lowest BCUT2D eigenvalue weighted by molar-refractivity contribution is -0.145. The average molecular weight is 331 g/mol. The lowest BCUT2D eigenvalue weighted by Gasteiger charge is -2.22. The van der Waals surface area contributed by atoms with Crippen LogP contribution in [0.2, 0.25) is 0 Å². The van der Waals surface area contributed by atoms with E-state index in [2.05, 4.69) is 9.88 Å². The molecule has 1 aliphatic heterocycles. The van der Waals surface area contributed by atoms with E-state index < -0.39 is 12.7 Å². The molecule has 116 valence electrons. The van der Waals surface area contributed by atoms with Crippen LogP contribution in [0.1, 0.15) is 11.3 Å². The molecule has 0 atom stereocenters. The highest BCUT2D eigenvalue weighted by Crippen LogP contribution is 2.20. The Morgan fingerprint density at radius 2 is 1.85 bits per heavy atom. The molecule has 9 heteroatoms. The van der Waals surface area contributed by atoms with Gasteiger partial charge in [0.25, 0.3) is 0 Å². The zero-order valence-corrected chi connectivity index (χ0v) is 12.5. The zero-order chi connectivity index (χ0) is 13.9. The fourth-order valence-corrected chi connectivity index (χ4v) is 2.94. The van der Waals surface area contributed by atoms with Gasteiger partial charge in [0.1, 0.15) is 0 Å². The molecule has 1 aromatic rings. The Kier molecular flexibility index (Phi) is 6.50. The van der Waals surface area contributed by atoms with Crippen molar-refractivity contribution in [2.75, 3.05) is 38.5 Å². The molecule has 0 unspecified atom stereocenters. The summed E-state index contributed by atoms with van der Waals surface area (Å²) in [5.74, 6) is 0. The number of hydrogen-bond donors (Lipinski definition) is 1. The van der Waals surface area contributed by atoms with E-state index in [0.29, 0.717) is 31.3 Å². The minimum Gasteiger partial charge on any atom is -0.375 e. The topological polar surface area (TPSA) is 45.4 Å². The third-order valence-electron chi connectivity index (χ3n) is 3.03. The minimum atomic E-state index is -4.11. The molecule has 0 aromatic carbocycles. The molecule has 2 rings (SSSR count). The van der Waals surface area contributed by atoms with Crippen molar-refractivity contribution in [3.05, 3.63) is 11.1 Å². The normalized spacial score (nSPS) is 18.6. The summed E-state index contributed by atoms with van der Waals surface area (Å²) >= 11 is 1.43. The summed E-state index contributed by atoms with van der Waals surface area (Å²) in [5, 5.41) is 0.531. The Morgan fingerprint density at radius 1 is 1.20 bits per heavy atom. The molecule has 20 heavy (non-hydrogen) atoms. The molecular weight excluding hydrogens is 313 g/mol. The maximum Gasteiger partial charge on any atom is 0.401 e. The van der Waals surface area contributed by atoms with Crippen LogP contribution in [0.15, 0.2) is 6.20 Å². The number of alkyl halides is 3. The summed E-state index contributed by atoms with van der Waals surface area (Å²) in [5.41, 5.74) is 5.56. The van der Waals surface area contributed by atoms with Crippen LogP contribution >= 0.6 is 23.7 Å². The highest BCUT2D eigenvalue weighted by molar-refractivity contribution is 7.15. The molecule has 2 heterocycles. The highest BCUT2D eigenvalue weighted by Gasteiger charge is 2.31. The standard InChI is InChI=1S/C11H17F3N4S.ClH/c12-11(13,14)8-18-3-1-2-17(4-5-18)7-9-6-16-10(15)19-9;/h6H,1-5,7-8H2,(H2,15,16);1H. The van der Waals surface area contributed by atoms with Gasteiger partial charge in [0.15, 0.2) is 5.13 Å². The monoisotopic (exact) mass is 330 g/mol. The van der Waals surface area contributed by atoms with Crippen molar-refractivity contribution in [3.63, 3.8) is 0 Å². The van der Waals surface area contributed by atoms with Crippen LogP contribution in [-0.4, -0.2) is 53.7 Å². The van der Waals surface area contributed by atoms with Crippen molar-refractivity contribution < 1.29 is 13.2 Å². The van der Waals surface area contributed by atoms with Crippen molar-refractivity contribution in [1.29, 1.82) is 0 Å². The summed E-state index contributed by atoms with van der Waals surface area (Å²) in [6, 6.07) is 0. The van der Waals surface area contributed by atoms with Gasteiger partial charge in [0.2, 0.25) is 0 Å². The number of anilines is 1. The van der Waals surface area contributed by atoms with Crippen LogP contribution in [0, 0.1) is 0 Å². The Balaban J connectivity index is 0.00000200. The van der Waals surface area contributed by atoms with E-state index in [-0.39, 0.29) is 12.4 Å². The summed E-state index contributed by atoms with van der Waals surface area (Å²) in [6.07, 6.45) is -1.62. The number of rotatable bonds is 3. The van der Waals surface area contributed by atoms with E-state index in [1.165, 1.54) is 16.2 Å². The molecule has 2 N–H and O–H groups in total. The first kappa shape index (κ1) is 17.5. The van der Waals surface area contributed by atoms with Crippen LogP contribution in [0.5, 0.6) is 0 Å². The summed E-state index contributed by atoms with van der Waals surface area (Å²) < 4.78 is 37.0. The Morgan fingerprint density at radius 3 is 2.45 bits per heavy atom. The van der Waals surface area contributed by atoms with Gasteiger partial charge in [-0.25, -0.2) is 4.98 Å². The van der Waals surface area contributed by atoms with Gasteiger partial charge in [-0.05, 0) is 19.5 Å². The predicted octanol–water partition coefficient (Wildman–Crippen LogP) is 2.22. The molecule has 0 aliphatic carbocycles. The molecule has 0 saturated carbocycles. The summed E-state index contributed by atoms with van der Waals surface area (Å²) in [7, 11) is 0. The SMILES string of the molecule is Cl.Nc1ncc(CN2CCCN(CC(F)(F)F)CC2)s1. The second kappa shape index (κ2) is 7.44. The van der Waals surface area contributed by atoms with Crippen LogP contribution in [0.3, 0.4) is 0 Å². The molecule has 0 spiro atoms. The number of halogens is 4. The van der Waals surface area contributed by atoms with Gasteiger partial charge < -0.3 is 5.73 Å². The maximum absolute atomic E-state index is 12.3. The molecule has 0 radical (unpaired) electrons. The van der Waals surface area contributed by atoms with Gasteiger partial charge in [-0.2, -0.15) is 13.2 Å². The number of aromatic nitrogens is 1. The first-order valence-corrected chi connectivity index (χ1v) is 6.96. The van der Waals surface area contributed by atoms with Gasteiger partial charge >= 0.3 is 6.18 Å². The molecule has 0 amide bonds. The number of nitrogens with two attached hydrogens (primary N) is 1. The third kappa shape index (κ3) is 5.82. The first-order chi connectivity index (χ1) is 8.92. The number of thiazole rings is 1. The fourth-order valence-electron chi connectivity index (χ4n) is 2.21. The second-order valence-electron chi connectivity index (χ2n) is 4.69. The van der Waals surface area contributed by atoms with E-state index in [0.717, 1.165) is 17.8 Å². The summed E-state index contributed by atoms with van der Waals surface area (Å²) in [6.45, 7) is 2.32. The molecular formula is C11H18ClF3N4S. The van der Waals surface area contributed by atoms with E-state index in [4.69, 9.17) is 5.73 Å². The maximum atomic E-state index is 12.3. The highest BCUT2D eigenvalue weighted by atomic mass is 35.5.